The lowest BCUT2D eigenvalue weighted by molar-refractivity contribution is -0.136. The third kappa shape index (κ3) is 5.01. The highest BCUT2D eigenvalue weighted by molar-refractivity contribution is 7.82. The summed E-state index contributed by atoms with van der Waals surface area (Å²) < 4.78 is 38.6. The van der Waals surface area contributed by atoms with E-state index in [1.165, 1.54) is 24.4 Å². The van der Waals surface area contributed by atoms with Gasteiger partial charge in [-0.15, -0.1) is 0 Å². The quantitative estimate of drug-likeness (QED) is 0.442. The van der Waals surface area contributed by atoms with E-state index < -0.39 is 28.3 Å². The number of hydrogen-bond acceptors (Lipinski definition) is 4. The summed E-state index contributed by atoms with van der Waals surface area (Å²) in [7, 11) is 0. The molecule has 0 aliphatic heterocycles. The van der Waals surface area contributed by atoms with Gasteiger partial charge >= 0.3 is 6.18 Å². The normalized spacial score (nSPS) is 11.3. The SMILES string of the molecule is O=C(Nc1ccccc1C(F)(F)F)C(=S)N/N=C/c1ccccc1O. The second-order valence-corrected chi connectivity index (χ2v) is 5.16. The Morgan fingerprint density at radius 1 is 1.12 bits per heavy atom. The van der Waals surface area contributed by atoms with Gasteiger partial charge in [-0.25, -0.2) is 0 Å². The van der Waals surface area contributed by atoms with Crippen LogP contribution in [0.25, 0.3) is 0 Å². The fourth-order valence-corrected chi connectivity index (χ4v) is 1.93. The van der Waals surface area contributed by atoms with E-state index in [-0.39, 0.29) is 5.75 Å². The van der Waals surface area contributed by atoms with Crippen molar-refractivity contribution in [2.24, 2.45) is 5.10 Å². The number of carbonyl (C=O) groups is 1. The van der Waals surface area contributed by atoms with E-state index in [9.17, 15) is 23.1 Å². The maximum Gasteiger partial charge on any atom is 0.418 e. The summed E-state index contributed by atoms with van der Waals surface area (Å²) in [6.07, 6.45) is -3.39. The lowest BCUT2D eigenvalue weighted by Gasteiger charge is -2.13. The summed E-state index contributed by atoms with van der Waals surface area (Å²) >= 11 is 4.78. The van der Waals surface area contributed by atoms with Crippen LogP contribution in [-0.2, 0) is 11.0 Å². The molecule has 130 valence electrons. The fourth-order valence-electron chi connectivity index (χ4n) is 1.83. The predicted molar refractivity (Wildman–Crippen MR) is 91.5 cm³/mol. The van der Waals surface area contributed by atoms with Crippen molar-refractivity contribution in [2.45, 2.75) is 6.18 Å². The number of nitrogens with zero attached hydrogens (tertiary/aromatic N) is 1. The van der Waals surface area contributed by atoms with E-state index in [1.807, 2.05) is 0 Å². The van der Waals surface area contributed by atoms with Crippen LogP contribution in [0.15, 0.2) is 53.6 Å². The Morgan fingerprint density at radius 3 is 2.44 bits per heavy atom. The van der Waals surface area contributed by atoms with E-state index in [4.69, 9.17) is 12.2 Å². The molecule has 3 N–H and O–H groups in total. The van der Waals surface area contributed by atoms with Gasteiger partial charge in [0.25, 0.3) is 5.91 Å². The lowest BCUT2D eigenvalue weighted by atomic mass is 10.1. The largest absolute Gasteiger partial charge is 0.507 e. The molecule has 0 aromatic heterocycles. The molecule has 2 aromatic rings. The Labute approximate surface area is 146 Å². The number of hydrogen-bond donors (Lipinski definition) is 3. The molecule has 0 bridgehead atoms. The maximum atomic E-state index is 12.9. The topological polar surface area (TPSA) is 73.7 Å². The summed E-state index contributed by atoms with van der Waals surface area (Å²) in [5, 5.41) is 15.3. The van der Waals surface area contributed by atoms with Crippen molar-refractivity contribution < 1.29 is 23.1 Å². The molecular formula is C16H12F3N3O2S. The highest BCUT2D eigenvalue weighted by atomic mass is 32.1. The number of halogens is 3. The highest BCUT2D eigenvalue weighted by Gasteiger charge is 2.33. The summed E-state index contributed by atoms with van der Waals surface area (Å²) in [6, 6.07) is 10.8. The summed E-state index contributed by atoms with van der Waals surface area (Å²) in [4.78, 5) is 11.5. The number of para-hydroxylation sites is 2. The van der Waals surface area contributed by atoms with Gasteiger partial charge in [-0.3, -0.25) is 10.2 Å². The predicted octanol–water partition coefficient (Wildman–Crippen LogP) is 3.30. The number of carbonyl (C=O) groups excluding carboxylic acids is 1. The van der Waals surface area contributed by atoms with Crippen LogP contribution in [0.5, 0.6) is 5.75 Å². The van der Waals surface area contributed by atoms with Gasteiger partial charge < -0.3 is 10.4 Å². The molecule has 0 unspecified atom stereocenters. The fraction of sp³-hybridized carbons (Fsp3) is 0.0625. The second-order valence-electron chi connectivity index (χ2n) is 4.76. The monoisotopic (exact) mass is 367 g/mol. The number of aromatic hydroxyl groups is 1. The lowest BCUT2D eigenvalue weighted by Crippen LogP contribution is -2.31. The van der Waals surface area contributed by atoms with Crippen LogP contribution in [0.1, 0.15) is 11.1 Å². The Morgan fingerprint density at radius 2 is 1.76 bits per heavy atom. The first-order chi connectivity index (χ1) is 11.8. The number of rotatable bonds is 3. The molecule has 0 aliphatic carbocycles. The van der Waals surface area contributed by atoms with Gasteiger partial charge in [0.2, 0.25) is 0 Å². The van der Waals surface area contributed by atoms with Crippen molar-refractivity contribution in [3.8, 4) is 5.75 Å². The molecule has 1 amide bonds. The van der Waals surface area contributed by atoms with Gasteiger partial charge in [-0.1, -0.05) is 36.5 Å². The van der Waals surface area contributed by atoms with Gasteiger partial charge in [0, 0.05) is 5.56 Å². The first-order valence-corrected chi connectivity index (χ1v) is 7.28. The molecule has 0 spiro atoms. The number of amides is 1. The Hall–Kier alpha value is -2.94. The third-order valence-corrected chi connectivity index (χ3v) is 3.27. The second kappa shape index (κ2) is 7.75. The van der Waals surface area contributed by atoms with Crippen molar-refractivity contribution in [3.63, 3.8) is 0 Å². The molecule has 2 rings (SSSR count). The molecule has 0 aliphatic rings. The molecule has 0 saturated heterocycles. The minimum Gasteiger partial charge on any atom is -0.507 e. The van der Waals surface area contributed by atoms with E-state index in [0.29, 0.717) is 5.56 Å². The molecule has 5 nitrogen and oxygen atoms in total. The average molecular weight is 367 g/mol. The van der Waals surface area contributed by atoms with Crippen LogP contribution in [0, 0.1) is 0 Å². The minimum absolute atomic E-state index is 0.0254. The van der Waals surface area contributed by atoms with Gasteiger partial charge in [-0.2, -0.15) is 18.3 Å². The van der Waals surface area contributed by atoms with E-state index in [0.717, 1.165) is 12.1 Å². The molecule has 0 saturated carbocycles. The van der Waals surface area contributed by atoms with Gasteiger partial charge in [0.05, 0.1) is 17.5 Å². The third-order valence-electron chi connectivity index (χ3n) is 2.99. The number of phenolic OH excluding ortho intramolecular Hbond substituents is 1. The molecule has 0 radical (unpaired) electrons. The van der Waals surface area contributed by atoms with E-state index in [1.54, 1.807) is 18.2 Å². The molecule has 2 aromatic carbocycles. The van der Waals surface area contributed by atoms with Crippen LogP contribution in [0.3, 0.4) is 0 Å². The van der Waals surface area contributed by atoms with Crippen molar-refractivity contribution in [1.29, 1.82) is 0 Å². The average Bonchev–Trinajstić information content (AvgIpc) is 2.56. The zero-order chi connectivity index (χ0) is 18.4. The maximum absolute atomic E-state index is 12.9. The molecule has 0 atom stereocenters. The zero-order valence-electron chi connectivity index (χ0n) is 12.5. The molecule has 25 heavy (non-hydrogen) atoms. The van der Waals surface area contributed by atoms with Crippen molar-refractivity contribution in [1.82, 2.24) is 5.43 Å². The first-order valence-electron chi connectivity index (χ1n) is 6.87. The number of thiocarbonyl (C=S) groups is 1. The smallest absolute Gasteiger partial charge is 0.418 e. The highest BCUT2D eigenvalue weighted by Crippen LogP contribution is 2.34. The minimum atomic E-state index is -4.61. The molecule has 0 heterocycles. The van der Waals surface area contributed by atoms with Gasteiger partial charge in [-0.05, 0) is 24.3 Å². The van der Waals surface area contributed by atoms with Crippen LogP contribution in [0.4, 0.5) is 18.9 Å². The van der Waals surface area contributed by atoms with Crippen molar-refractivity contribution in [2.75, 3.05) is 5.32 Å². The number of alkyl halides is 3. The Kier molecular flexibility index (Phi) is 5.71. The Bertz CT molecular complexity index is 822. The number of nitrogens with one attached hydrogen (secondary N) is 2. The first kappa shape index (κ1) is 18.4. The summed E-state index contributed by atoms with van der Waals surface area (Å²) in [6.45, 7) is 0. The van der Waals surface area contributed by atoms with E-state index >= 15 is 0 Å². The molecule has 0 fully saturated rings. The van der Waals surface area contributed by atoms with Crippen molar-refractivity contribution >= 4 is 35.0 Å². The van der Waals surface area contributed by atoms with Gasteiger partial charge in [0.1, 0.15) is 5.75 Å². The zero-order valence-corrected chi connectivity index (χ0v) is 13.4. The number of hydrazone groups is 1. The molecule has 9 heteroatoms. The van der Waals surface area contributed by atoms with E-state index in [2.05, 4.69) is 15.8 Å². The van der Waals surface area contributed by atoms with Gasteiger partial charge in [0.15, 0.2) is 4.99 Å². The summed E-state index contributed by atoms with van der Waals surface area (Å²) in [5.41, 5.74) is 1.22. The van der Waals surface area contributed by atoms with Crippen molar-refractivity contribution in [3.05, 3.63) is 59.7 Å². The number of benzene rings is 2. The standard InChI is InChI=1S/C16H12F3N3O2S/c17-16(18,19)11-6-2-3-7-12(11)21-14(24)15(25)22-20-9-10-5-1-4-8-13(10)23/h1-9,23H,(H,21,24)(H,22,25)/b20-9+. The van der Waals surface area contributed by atoms with Crippen LogP contribution < -0.4 is 10.7 Å². The Balaban J connectivity index is 2.02. The van der Waals surface area contributed by atoms with Crippen LogP contribution in [0.2, 0.25) is 0 Å². The van der Waals surface area contributed by atoms with Crippen LogP contribution in [-0.4, -0.2) is 22.2 Å². The number of phenols is 1. The molecular weight excluding hydrogens is 355 g/mol. The summed E-state index contributed by atoms with van der Waals surface area (Å²) in [5.74, 6) is -0.969. The van der Waals surface area contributed by atoms with Crippen LogP contribution >= 0.6 is 12.2 Å². The number of anilines is 1.